The predicted octanol–water partition coefficient (Wildman–Crippen LogP) is 3.98. The van der Waals surface area contributed by atoms with Gasteiger partial charge < -0.3 is 10.3 Å². The van der Waals surface area contributed by atoms with Crippen molar-refractivity contribution in [3.8, 4) is 0 Å². The average Bonchev–Trinajstić information content (AvgIpc) is 2.82. The van der Waals surface area contributed by atoms with Crippen LogP contribution in [0.25, 0.3) is 0 Å². The van der Waals surface area contributed by atoms with Gasteiger partial charge in [-0.1, -0.05) is 37.6 Å². The number of benzene rings is 1. The van der Waals surface area contributed by atoms with E-state index in [1.807, 2.05) is 29.1 Å². The van der Waals surface area contributed by atoms with E-state index in [-0.39, 0.29) is 16.9 Å². The molecule has 19 heavy (non-hydrogen) atoms. The standard InChI is InChI=1S/C15H18ClFN2/c1-10(2)15(18)12-6-7-19(9-12)8-11-4-3-5-13(17)14(11)16/h3-7,9-10,15H,8,18H2,1-2H3. The highest BCUT2D eigenvalue weighted by molar-refractivity contribution is 6.31. The fourth-order valence-electron chi connectivity index (χ4n) is 2.01. The molecule has 0 amide bonds. The summed E-state index contributed by atoms with van der Waals surface area (Å²) in [6.07, 6.45) is 3.94. The van der Waals surface area contributed by atoms with Gasteiger partial charge >= 0.3 is 0 Å². The maximum absolute atomic E-state index is 13.4. The summed E-state index contributed by atoms with van der Waals surface area (Å²) in [5.41, 5.74) is 7.95. The Kier molecular flexibility index (Phi) is 4.27. The molecule has 0 aliphatic heterocycles. The van der Waals surface area contributed by atoms with Gasteiger partial charge in [0.25, 0.3) is 0 Å². The second kappa shape index (κ2) is 5.76. The first kappa shape index (κ1) is 14.1. The lowest BCUT2D eigenvalue weighted by Crippen LogP contribution is -2.15. The third kappa shape index (κ3) is 3.17. The highest BCUT2D eigenvalue weighted by Gasteiger charge is 2.12. The highest BCUT2D eigenvalue weighted by Crippen LogP contribution is 2.23. The third-order valence-corrected chi connectivity index (χ3v) is 3.68. The molecule has 2 nitrogen and oxygen atoms in total. The van der Waals surface area contributed by atoms with Crippen molar-refractivity contribution in [1.29, 1.82) is 0 Å². The zero-order chi connectivity index (χ0) is 14.0. The fourth-order valence-corrected chi connectivity index (χ4v) is 2.19. The molecule has 1 aromatic carbocycles. The van der Waals surface area contributed by atoms with Crippen LogP contribution in [0.4, 0.5) is 4.39 Å². The number of hydrogen-bond donors (Lipinski definition) is 1. The van der Waals surface area contributed by atoms with Crippen molar-refractivity contribution in [2.24, 2.45) is 11.7 Å². The van der Waals surface area contributed by atoms with Gasteiger partial charge in [0.05, 0.1) is 5.02 Å². The first-order valence-electron chi connectivity index (χ1n) is 6.33. The van der Waals surface area contributed by atoms with Gasteiger partial charge in [0.2, 0.25) is 0 Å². The van der Waals surface area contributed by atoms with Crippen molar-refractivity contribution < 1.29 is 4.39 Å². The maximum atomic E-state index is 13.4. The lowest BCUT2D eigenvalue weighted by molar-refractivity contribution is 0.513. The molecule has 4 heteroatoms. The van der Waals surface area contributed by atoms with Crippen molar-refractivity contribution in [3.63, 3.8) is 0 Å². The van der Waals surface area contributed by atoms with Crippen LogP contribution in [0, 0.1) is 11.7 Å². The molecule has 2 rings (SSSR count). The molecule has 1 unspecified atom stereocenters. The van der Waals surface area contributed by atoms with E-state index in [9.17, 15) is 4.39 Å². The summed E-state index contributed by atoms with van der Waals surface area (Å²) in [5.74, 6) is -0.000893. The molecule has 2 aromatic rings. The monoisotopic (exact) mass is 280 g/mol. The Morgan fingerprint density at radius 2 is 2.05 bits per heavy atom. The van der Waals surface area contributed by atoms with Crippen LogP contribution in [0.1, 0.15) is 31.0 Å². The zero-order valence-electron chi connectivity index (χ0n) is 11.1. The normalized spacial score (nSPS) is 12.9. The first-order chi connectivity index (χ1) is 8.99. The van der Waals surface area contributed by atoms with Crippen molar-refractivity contribution in [2.75, 3.05) is 0 Å². The zero-order valence-corrected chi connectivity index (χ0v) is 11.9. The minimum absolute atomic E-state index is 0.0178. The van der Waals surface area contributed by atoms with Crippen molar-refractivity contribution in [2.45, 2.75) is 26.4 Å². The summed E-state index contributed by atoms with van der Waals surface area (Å²) in [6.45, 7) is 4.72. The minimum atomic E-state index is -0.384. The number of hydrogen-bond acceptors (Lipinski definition) is 1. The van der Waals surface area contributed by atoms with Gasteiger partial charge in [-0.05, 0) is 29.2 Å². The Bertz CT molecular complexity index is 563. The van der Waals surface area contributed by atoms with Crippen LogP contribution in [-0.2, 0) is 6.54 Å². The van der Waals surface area contributed by atoms with Crippen LogP contribution < -0.4 is 5.73 Å². The Morgan fingerprint density at radius 1 is 1.32 bits per heavy atom. The lowest BCUT2D eigenvalue weighted by Gasteiger charge is -2.13. The summed E-state index contributed by atoms with van der Waals surface area (Å²) < 4.78 is 15.3. The second-order valence-corrected chi connectivity index (χ2v) is 5.48. The smallest absolute Gasteiger partial charge is 0.142 e. The van der Waals surface area contributed by atoms with E-state index in [1.165, 1.54) is 6.07 Å². The Morgan fingerprint density at radius 3 is 2.74 bits per heavy atom. The number of aromatic nitrogens is 1. The van der Waals surface area contributed by atoms with Crippen molar-refractivity contribution >= 4 is 11.6 Å². The number of halogens is 2. The molecule has 0 aliphatic rings. The van der Waals surface area contributed by atoms with Crippen molar-refractivity contribution in [3.05, 3.63) is 58.6 Å². The molecular weight excluding hydrogens is 263 g/mol. The van der Waals surface area contributed by atoms with E-state index in [1.54, 1.807) is 6.07 Å². The molecule has 102 valence electrons. The molecule has 1 heterocycles. The number of nitrogens with two attached hydrogens (primary N) is 1. The second-order valence-electron chi connectivity index (χ2n) is 5.10. The molecule has 0 fully saturated rings. The van der Waals surface area contributed by atoms with E-state index in [4.69, 9.17) is 17.3 Å². The summed E-state index contributed by atoms with van der Waals surface area (Å²) in [7, 11) is 0. The summed E-state index contributed by atoms with van der Waals surface area (Å²) in [6, 6.07) is 6.87. The fraction of sp³-hybridized carbons (Fsp3) is 0.333. The topological polar surface area (TPSA) is 30.9 Å². The Hall–Kier alpha value is -1.32. The lowest BCUT2D eigenvalue weighted by atomic mass is 10.00. The van der Waals surface area contributed by atoms with Crippen LogP contribution in [0.3, 0.4) is 0 Å². The van der Waals surface area contributed by atoms with Crippen LogP contribution in [-0.4, -0.2) is 4.57 Å². The van der Waals surface area contributed by atoms with E-state index in [0.717, 1.165) is 11.1 Å². The molecule has 1 atom stereocenters. The molecule has 1 aromatic heterocycles. The van der Waals surface area contributed by atoms with Gasteiger partial charge in [0.1, 0.15) is 5.82 Å². The summed E-state index contributed by atoms with van der Waals surface area (Å²) >= 11 is 5.95. The number of rotatable bonds is 4. The quantitative estimate of drug-likeness (QED) is 0.902. The summed E-state index contributed by atoms with van der Waals surface area (Å²) in [4.78, 5) is 0. The van der Waals surface area contributed by atoms with Crippen LogP contribution in [0.5, 0.6) is 0 Å². The Balaban J connectivity index is 2.18. The van der Waals surface area contributed by atoms with E-state index >= 15 is 0 Å². The van der Waals surface area contributed by atoms with E-state index in [0.29, 0.717) is 12.5 Å². The number of nitrogens with zero attached hydrogens (tertiary/aromatic N) is 1. The SMILES string of the molecule is CC(C)C(N)c1ccn(Cc2cccc(F)c2Cl)c1. The van der Waals surface area contributed by atoms with Gasteiger partial charge in [-0.25, -0.2) is 4.39 Å². The van der Waals surface area contributed by atoms with Gasteiger partial charge in [-0.2, -0.15) is 0 Å². The molecule has 0 radical (unpaired) electrons. The van der Waals surface area contributed by atoms with Crippen LogP contribution in [0.15, 0.2) is 36.7 Å². The van der Waals surface area contributed by atoms with E-state index in [2.05, 4.69) is 13.8 Å². The molecule has 2 N–H and O–H groups in total. The average molecular weight is 281 g/mol. The summed E-state index contributed by atoms with van der Waals surface area (Å²) in [5, 5.41) is 0.186. The maximum Gasteiger partial charge on any atom is 0.142 e. The molecule has 0 spiro atoms. The van der Waals surface area contributed by atoms with Gasteiger partial charge in [-0.3, -0.25) is 0 Å². The third-order valence-electron chi connectivity index (χ3n) is 3.26. The first-order valence-corrected chi connectivity index (χ1v) is 6.71. The predicted molar refractivity (Wildman–Crippen MR) is 76.7 cm³/mol. The van der Waals surface area contributed by atoms with Crippen LogP contribution in [0.2, 0.25) is 5.02 Å². The van der Waals surface area contributed by atoms with E-state index < -0.39 is 0 Å². The highest BCUT2D eigenvalue weighted by atomic mass is 35.5. The largest absolute Gasteiger partial charge is 0.350 e. The van der Waals surface area contributed by atoms with Gasteiger partial charge in [0.15, 0.2) is 0 Å². The van der Waals surface area contributed by atoms with Gasteiger partial charge in [0, 0.05) is 25.0 Å². The van der Waals surface area contributed by atoms with Gasteiger partial charge in [-0.15, -0.1) is 0 Å². The molecule has 0 saturated carbocycles. The van der Waals surface area contributed by atoms with Crippen LogP contribution >= 0.6 is 11.6 Å². The molecular formula is C15H18ClFN2. The minimum Gasteiger partial charge on any atom is -0.350 e. The van der Waals surface area contributed by atoms with Crippen molar-refractivity contribution in [1.82, 2.24) is 4.57 Å². The molecule has 0 bridgehead atoms. The molecule has 0 saturated heterocycles. The molecule has 0 aliphatic carbocycles. The Labute approximate surface area is 118 Å².